The second-order valence-electron chi connectivity index (χ2n) is 3.57. The summed E-state index contributed by atoms with van der Waals surface area (Å²) >= 11 is 1.36. The van der Waals surface area contributed by atoms with Crippen LogP contribution in [0.4, 0.5) is 10.7 Å². The highest BCUT2D eigenvalue weighted by atomic mass is 32.1. The van der Waals surface area contributed by atoms with Crippen LogP contribution in [0, 0.1) is 0 Å². The summed E-state index contributed by atoms with van der Waals surface area (Å²) in [6.45, 7) is 8.90. The van der Waals surface area contributed by atoms with Gasteiger partial charge in [0.25, 0.3) is 5.91 Å². The van der Waals surface area contributed by atoms with Crippen molar-refractivity contribution < 1.29 is 4.79 Å². The number of rotatable bonds is 5. The minimum absolute atomic E-state index is 0.117. The Labute approximate surface area is 99.5 Å². The molecule has 0 saturated heterocycles. The Bertz CT molecular complexity index is 398. The molecule has 0 atom stereocenters. The zero-order chi connectivity index (χ0) is 12.1. The summed E-state index contributed by atoms with van der Waals surface area (Å²) in [5.74, 6) is -0.117. The van der Waals surface area contributed by atoms with Crippen LogP contribution in [-0.4, -0.2) is 19.0 Å². The van der Waals surface area contributed by atoms with Gasteiger partial charge in [0, 0.05) is 13.1 Å². The number of hydrogen-bond acceptors (Lipinski definition) is 4. The Morgan fingerprint density at radius 2 is 2.31 bits per heavy atom. The highest BCUT2D eigenvalue weighted by Gasteiger charge is 2.13. The molecule has 0 aliphatic carbocycles. The molecule has 0 aromatic carbocycles. The molecule has 0 radical (unpaired) electrons. The third-order valence-electron chi connectivity index (χ3n) is 1.87. The molecule has 88 valence electrons. The van der Waals surface area contributed by atoms with Crippen LogP contribution in [0.15, 0.2) is 18.2 Å². The zero-order valence-corrected chi connectivity index (χ0v) is 10.4. The lowest BCUT2D eigenvalue weighted by atomic mass is 10.3. The predicted molar refractivity (Wildman–Crippen MR) is 70.0 cm³/mol. The van der Waals surface area contributed by atoms with E-state index in [9.17, 15) is 4.79 Å². The number of anilines is 2. The van der Waals surface area contributed by atoms with Crippen LogP contribution >= 0.6 is 11.3 Å². The van der Waals surface area contributed by atoms with Gasteiger partial charge in [-0.3, -0.25) is 4.79 Å². The Morgan fingerprint density at radius 1 is 1.62 bits per heavy atom. The Balaban J connectivity index is 2.73. The van der Waals surface area contributed by atoms with Crippen LogP contribution in [0.1, 0.15) is 23.5 Å². The molecular weight excluding hydrogens is 222 g/mol. The van der Waals surface area contributed by atoms with E-state index in [2.05, 4.69) is 17.2 Å². The smallest absolute Gasteiger partial charge is 0.263 e. The molecule has 16 heavy (non-hydrogen) atoms. The van der Waals surface area contributed by atoms with E-state index in [1.54, 1.807) is 6.07 Å². The minimum Gasteiger partial charge on any atom is -0.397 e. The molecule has 1 aromatic rings. The Kier molecular flexibility index (Phi) is 4.37. The SMILES string of the molecule is C=C(C)CNc1cc(N)c(C(=O)NCC)s1. The van der Waals surface area contributed by atoms with Crippen LogP contribution in [-0.2, 0) is 0 Å². The fourth-order valence-electron chi connectivity index (χ4n) is 1.15. The third kappa shape index (κ3) is 3.27. The van der Waals surface area contributed by atoms with Crippen molar-refractivity contribution >= 4 is 27.9 Å². The molecule has 0 aliphatic rings. The number of nitrogens with two attached hydrogens (primary N) is 1. The normalized spacial score (nSPS) is 9.88. The van der Waals surface area contributed by atoms with E-state index >= 15 is 0 Å². The van der Waals surface area contributed by atoms with E-state index in [0.29, 0.717) is 23.7 Å². The first-order chi connectivity index (χ1) is 7.54. The molecule has 1 rings (SSSR count). The molecule has 0 fully saturated rings. The van der Waals surface area contributed by atoms with E-state index < -0.39 is 0 Å². The van der Waals surface area contributed by atoms with E-state index in [1.165, 1.54) is 11.3 Å². The second-order valence-corrected chi connectivity index (χ2v) is 4.62. The lowest BCUT2D eigenvalue weighted by Crippen LogP contribution is -2.22. The summed E-state index contributed by atoms with van der Waals surface area (Å²) in [5.41, 5.74) is 7.31. The summed E-state index contributed by atoms with van der Waals surface area (Å²) < 4.78 is 0. The number of amides is 1. The second kappa shape index (κ2) is 5.55. The van der Waals surface area contributed by atoms with Crippen LogP contribution in [0.3, 0.4) is 0 Å². The summed E-state index contributed by atoms with van der Waals surface area (Å²) in [5, 5.41) is 6.78. The molecule has 4 N–H and O–H groups in total. The van der Waals surface area contributed by atoms with Crippen molar-refractivity contribution in [3.8, 4) is 0 Å². The fraction of sp³-hybridized carbons (Fsp3) is 0.364. The van der Waals surface area contributed by atoms with Gasteiger partial charge in [-0.05, 0) is 19.9 Å². The molecule has 5 heteroatoms. The van der Waals surface area contributed by atoms with Crippen LogP contribution in [0.2, 0.25) is 0 Å². The van der Waals surface area contributed by atoms with Crippen molar-refractivity contribution in [1.82, 2.24) is 5.32 Å². The van der Waals surface area contributed by atoms with Gasteiger partial charge in [-0.2, -0.15) is 0 Å². The Hall–Kier alpha value is -1.49. The van der Waals surface area contributed by atoms with Crippen LogP contribution in [0.25, 0.3) is 0 Å². The van der Waals surface area contributed by atoms with Gasteiger partial charge >= 0.3 is 0 Å². The maximum absolute atomic E-state index is 11.6. The maximum atomic E-state index is 11.6. The molecule has 4 nitrogen and oxygen atoms in total. The van der Waals surface area contributed by atoms with Gasteiger partial charge in [-0.1, -0.05) is 12.2 Å². The van der Waals surface area contributed by atoms with Crippen LogP contribution in [0.5, 0.6) is 0 Å². The standard InChI is InChI=1S/C11H17N3OS/c1-4-13-11(15)10-8(12)5-9(16-10)14-6-7(2)3/h5,14H,2,4,6,12H2,1,3H3,(H,13,15). The summed E-state index contributed by atoms with van der Waals surface area (Å²) in [7, 11) is 0. The first-order valence-electron chi connectivity index (χ1n) is 5.10. The first-order valence-corrected chi connectivity index (χ1v) is 5.92. The molecule has 0 bridgehead atoms. The predicted octanol–water partition coefficient (Wildman–Crippen LogP) is 2.07. The molecule has 1 heterocycles. The van der Waals surface area contributed by atoms with Gasteiger partial charge in [0.1, 0.15) is 4.88 Å². The molecule has 0 aliphatic heterocycles. The quantitative estimate of drug-likeness (QED) is 0.689. The van der Waals surface area contributed by atoms with Gasteiger partial charge in [0.15, 0.2) is 0 Å². The molecule has 0 spiro atoms. The number of carbonyl (C=O) groups excluding carboxylic acids is 1. The molecule has 0 saturated carbocycles. The number of hydrogen-bond donors (Lipinski definition) is 3. The topological polar surface area (TPSA) is 67.1 Å². The lowest BCUT2D eigenvalue weighted by Gasteiger charge is -2.01. The largest absolute Gasteiger partial charge is 0.397 e. The van der Waals surface area contributed by atoms with E-state index in [0.717, 1.165) is 10.6 Å². The van der Waals surface area contributed by atoms with Crippen molar-refractivity contribution in [2.45, 2.75) is 13.8 Å². The third-order valence-corrected chi connectivity index (χ3v) is 2.98. The zero-order valence-electron chi connectivity index (χ0n) is 9.59. The van der Waals surface area contributed by atoms with Crippen LogP contribution < -0.4 is 16.4 Å². The van der Waals surface area contributed by atoms with Crippen molar-refractivity contribution in [2.24, 2.45) is 0 Å². The van der Waals surface area contributed by atoms with Gasteiger partial charge in [0.2, 0.25) is 0 Å². The van der Waals surface area contributed by atoms with Crippen molar-refractivity contribution in [3.63, 3.8) is 0 Å². The summed E-state index contributed by atoms with van der Waals surface area (Å²) in [4.78, 5) is 12.2. The van der Waals surface area contributed by atoms with Crippen molar-refractivity contribution in [2.75, 3.05) is 24.1 Å². The summed E-state index contributed by atoms with van der Waals surface area (Å²) in [6, 6.07) is 1.78. The highest BCUT2D eigenvalue weighted by Crippen LogP contribution is 2.29. The Morgan fingerprint density at radius 3 is 2.88 bits per heavy atom. The van der Waals surface area contributed by atoms with Gasteiger partial charge in [-0.25, -0.2) is 0 Å². The fourth-order valence-corrected chi connectivity index (χ4v) is 2.04. The molecular formula is C11H17N3OS. The molecule has 0 unspecified atom stereocenters. The van der Waals surface area contributed by atoms with Gasteiger partial charge in [-0.15, -0.1) is 11.3 Å². The first kappa shape index (κ1) is 12.6. The number of nitrogens with one attached hydrogen (secondary N) is 2. The maximum Gasteiger partial charge on any atom is 0.263 e. The number of carbonyl (C=O) groups is 1. The number of nitrogen functional groups attached to an aromatic ring is 1. The van der Waals surface area contributed by atoms with E-state index in [1.807, 2.05) is 13.8 Å². The van der Waals surface area contributed by atoms with E-state index in [4.69, 9.17) is 5.73 Å². The highest BCUT2D eigenvalue weighted by molar-refractivity contribution is 7.18. The van der Waals surface area contributed by atoms with Gasteiger partial charge in [0.05, 0.1) is 10.7 Å². The number of thiophene rings is 1. The van der Waals surface area contributed by atoms with E-state index in [-0.39, 0.29) is 5.91 Å². The average molecular weight is 239 g/mol. The monoisotopic (exact) mass is 239 g/mol. The van der Waals surface area contributed by atoms with Crippen molar-refractivity contribution in [1.29, 1.82) is 0 Å². The van der Waals surface area contributed by atoms with Gasteiger partial charge < -0.3 is 16.4 Å². The lowest BCUT2D eigenvalue weighted by molar-refractivity contribution is 0.0960. The minimum atomic E-state index is -0.117. The summed E-state index contributed by atoms with van der Waals surface area (Å²) in [6.07, 6.45) is 0. The average Bonchev–Trinajstić information content (AvgIpc) is 2.57. The van der Waals surface area contributed by atoms with Crippen molar-refractivity contribution in [3.05, 3.63) is 23.1 Å². The molecule has 1 aromatic heterocycles. The molecule has 1 amide bonds.